The molecule has 0 atom stereocenters. The second kappa shape index (κ2) is 13.0. The average molecular weight is 368 g/mol. The molecule has 1 aliphatic heterocycles. The van der Waals surface area contributed by atoms with Gasteiger partial charge in [-0.1, -0.05) is 20.8 Å². The van der Waals surface area contributed by atoms with Gasteiger partial charge in [0.2, 0.25) is 0 Å². The lowest BCUT2D eigenvalue weighted by atomic mass is 10.1. The van der Waals surface area contributed by atoms with Gasteiger partial charge >= 0.3 is 0 Å². The Kier molecular flexibility index (Phi) is 11.4. The van der Waals surface area contributed by atoms with E-state index in [2.05, 4.69) is 10.00 Å². The molecule has 0 unspecified atom stereocenters. The summed E-state index contributed by atoms with van der Waals surface area (Å²) in [5, 5.41) is 4.38. The highest BCUT2D eigenvalue weighted by atomic mass is 16.5. The second-order valence-electron chi connectivity index (χ2n) is 6.59. The number of hydrogen-bond acceptors (Lipinski definition) is 5. The van der Waals surface area contributed by atoms with Crippen molar-refractivity contribution in [2.24, 2.45) is 0 Å². The fourth-order valence-corrected chi connectivity index (χ4v) is 2.93. The Hall–Kier alpha value is -1.24. The molecule has 0 saturated carbocycles. The molecule has 0 aromatic carbocycles. The zero-order chi connectivity index (χ0) is 19.4. The van der Waals surface area contributed by atoms with E-state index in [1.54, 1.807) is 6.20 Å². The highest BCUT2D eigenvalue weighted by molar-refractivity contribution is 5.95. The number of nitrogens with zero attached hydrogens (tertiary/aromatic N) is 3. The number of carbonyl (C=O) groups excluding carboxylic acids is 1. The van der Waals surface area contributed by atoms with Crippen molar-refractivity contribution < 1.29 is 14.3 Å². The van der Waals surface area contributed by atoms with E-state index >= 15 is 0 Å². The topological polar surface area (TPSA) is 56.6 Å². The number of rotatable bonds is 10. The molecule has 1 saturated heterocycles. The van der Waals surface area contributed by atoms with Crippen LogP contribution in [0.1, 0.15) is 70.3 Å². The Bertz CT molecular complexity index is 494. The minimum Gasteiger partial charge on any atom is -0.378 e. The maximum Gasteiger partial charge on any atom is 0.165 e. The van der Waals surface area contributed by atoms with Crippen molar-refractivity contribution in [2.75, 3.05) is 39.5 Å². The maximum absolute atomic E-state index is 11.7. The second-order valence-corrected chi connectivity index (χ2v) is 6.59. The van der Waals surface area contributed by atoms with Crippen molar-refractivity contribution in [1.82, 2.24) is 14.7 Å². The lowest BCUT2D eigenvalue weighted by Gasteiger charge is -2.31. The highest BCUT2D eigenvalue weighted by Gasteiger charge is 2.21. The van der Waals surface area contributed by atoms with Crippen LogP contribution in [-0.4, -0.2) is 66.0 Å². The Morgan fingerprint density at radius 3 is 2.54 bits per heavy atom. The van der Waals surface area contributed by atoms with E-state index in [4.69, 9.17) is 9.47 Å². The summed E-state index contributed by atoms with van der Waals surface area (Å²) in [5.41, 5.74) is 0.733. The number of ketones is 1. The lowest BCUT2D eigenvalue weighted by molar-refractivity contribution is 0.0119. The molecule has 0 N–H and O–H groups in total. The van der Waals surface area contributed by atoms with Crippen LogP contribution in [0.25, 0.3) is 0 Å². The molecule has 2 heterocycles. The zero-order valence-electron chi connectivity index (χ0n) is 17.2. The molecule has 0 spiro atoms. The van der Waals surface area contributed by atoms with Crippen LogP contribution in [0.3, 0.4) is 0 Å². The molecule has 2 rings (SSSR count). The average Bonchev–Trinajstić information content (AvgIpc) is 3.16. The molecule has 1 aromatic heterocycles. The normalized spacial score (nSPS) is 15.8. The Morgan fingerprint density at radius 2 is 1.92 bits per heavy atom. The molecule has 26 heavy (non-hydrogen) atoms. The van der Waals surface area contributed by atoms with E-state index in [0.717, 1.165) is 44.6 Å². The van der Waals surface area contributed by atoms with Gasteiger partial charge in [-0.3, -0.25) is 9.48 Å². The molecule has 0 amide bonds. The third-order valence-electron chi connectivity index (χ3n) is 4.41. The quantitative estimate of drug-likeness (QED) is 0.467. The molecular weight excluding hydrogens is 330 g/mol. The van der Waals surface area contributed by atoms with Gasteiger partial charge in [0.05, 0.1) is 43.7 Å². The predicted molar refractivity (Wildman–Crippen MR) is 105 cm³/mol. The first-order valence-corrected chi connectivity index (χ1v) is 10.1. The van der Waals surface area contributed by atoms with Gasteiger partial charge in [0, 0.05) is 32.3 Å². The number of ether oxygens (including phenoxy) is 2. The number of piperidine rings is 1. The van der Waals surface area contributed by atoms with Gasteiger partial charge in [0.1, 0.15) is 0 Å². The lowest BCUT2D eigenvalue weighted by Crippen LogP contribution is -2.37. The van der Waals surface area contributed by atoms with Crippen molar-refractivity contribution in [2.45, 2.75) is 66.0 Å². The van der Waals surface area contributed by atoms with Crippen LogP contribution < -0.4 is 0 Å². The largest absolute Gasteiger partial charge is 0.378 e. The number of aromatic nitrogens is 2. The predicted octanol–water partition coefficient (Wildman–Crippen LogP) is 3.58. The standard InChI is InChI=1S/C18H31N3O3.C2H6/c1-4-18(22)16-13-19-21(14-16)17-5-7-20(8-6-17)9-10-23-11-12-24-15(2)3;1-2/h13-15,17H,4-12H2,1-3H3;1-2H3. The SMILES string of the molecule is CC.CCC(=O)c1cnn(C2CCN(CCOCCOC(C)C)CC2)c1. The van der Waals surface area contributed by atoms with Crippen LogP contribution in [0.4, 0.5) is 0 Å². The molecule has 6 nitrogen and oxygen atoms in total. The van der Waals surface area contributed by atoms with E-state index in [1.807, 2.05) is 45.5 Å². The summed E-state index contributed by atoms with van der Waals surface area (Å²) in [7, 11) is 0. The van der Waals surface area contributed by atoms with Crippen LogP contribution in [0.5, 0.6) is 0 Å². The van der Waals surface area contributed by atoms with E-state index in [9.17, 15) is 4.79 Å². The molecule has 0 radical (unpaired) electrons. The Morgan fingerprint density at radius 1 is 1.23 bits per heavy atom. The zero-order valence-corrected chi connectivity index (χ0v) is 17.2. The van der Waals surface area contributed by atoms with E-state index in [1.165, 1.54) is 0 Å². The molecule has 1 aromatic rings. The van der Waals surface area contributed by atoms with Crippen LogP contribution >= 0.6 is 0 Å². The number of carbonyl (C=O) groups is 1. The van der Waals surface area contributed by atoms with Crippen molar-refractivity contribution in [3.05, 3.63) is 18.0 Å². The van der Waals surface area contributed by atoms with E-state index in [-0.39, 0.29) is 11.9 Å². The molecule has 0 aliphatic carbocycles. The van der Waals surface area contributed by atoms with Crippen molar-refractivity contribution in [3.63, 3.8) is 0 Å². The van der Waals surface area contributed by atoms with Gasteiger partial charge < -0.3 is 14.4 Å². The molecule has 1 aliphatic rings. The van der Waals surface area contributed by atoms with Gasteiger partial charge in [-0.05, 0) is 26.7 Å². The van der Waals surface area contributed by atoms with Crippen LogP contribution in [0.2, 0.25) is 0 Å². The Balaban J connectivity index is 0.00000163. The number of likely N-dealkylation sites (tertiary alicyclic amines) is 1. The number of hydrogen-bond donors (Lipinski definition) is 0. The monoisotopic (exact) mass is 367 g/mol. The van der Waals surface area contributed by atoms with Gasteiger partial charge in [0.15, 0.2) is 5.78 Å². The smallest absolute Gasteiger partial charge is 0.165 e. The first kappa shape index (κ1) is 22.8. The van der Waals surface area contributed by atoms with Crippen LogP contribution in [0.15, 0.2) is 12.4 Å². The molecule has 6 heteroatoms. The van der Waals surface area contributed by atoms with Crippen molar-refractivity contribution >= 4 is 5.78 Å². The fraction of sp³-hybridized carbons (Fsp3) is 0.800. The number of Topliss-reactive ketones (excluding diaryl/α,β-unsaturated/α-hetero) is 1. The molecule has 0 bridgehead atoms. The van der Waals surface area contributed by atoms with Gasteiger partial charge in [-0.25, -0.2) is 0 Å². The highest BCUT2D eigenvalue weighted by Crippen LogP contribution is 2.22. The third-order valence-corrected chi connectivity index (χ3v) is 4.41. The van der Waals surface area contributed by atoms with Gasteiger partial charge in [-0.15, -0.1) is 0 Å². The fourth-order valence-electron chi connectivity index (χ4n) is 2.93. The molecular formula is C20H37N3O3. The minimum atomic E-state index is 0.164. The summed E-state index contributed by atoms with van der Waals surface area (Å²) in [6.45, 7) is 15.1. The maximum atomic E-state index is 11.7. The first-order chi connectivity index (χ1) is 12.6. The molecule has 150 valence electrons. The van der Waals surface area contributed by atoms with Crippen molar-refractivity contribution in [3.8, 4) is 0 Å². The van der Waals surface area contributed by atoms with Gasteiger partial charge in [-0.2, -0.15) is 5.10 Å². The van der Waals surface area contributed by atoms with Gasteiger partial charge in [0.25, 0.3) is 0 Å². The summed E-state index contributed by atoms with van der Waals surface area (Å²) in [5.74, 6) is 0.164. The Labute approximate surface area is 158 Å². The summed E-state index contributed by atoms with van der Waals surface area (Å²) in [6, 6.07) is 0.403. The van der Waals surface area contributed by atoms with Crippen molar-refractivity contribution in [1.29, 1.82) is 0 Å². The summed E-state index contributed by atoms with van der Waals surface area (Å²) >= 11 is 0. The van der Waals surface area contributed by atoms with Crippen LogP contribution in [0, 0.1) is 0 Å². The third kappa shape index (κ3) is 7.98. The minimum absolute atomic E-state index is 0.164. The summed E-state index contributed by atoms with van der Waals surface area (Å²) < 4.78 is 13.0. The summed E-state index contributed by atoms with van der Waals surface area (Å²) in [4.78, 5) is 14.1. The molecule has 1 fully saturated rings. The van der Waals surface area contributed by atoms with Crippen LogP contribution in [-0.2, 0) is 9.47 Å². The summed E-state index contributed by atoms with van der Waals surface area (Å²) in [6.07, 6.45) is 6.54. The first-order valence-electron chi connectivity index (χ1n) is 10.1. The van der Waals surface area contributed by atoms with E-state index in [0.29, 0.717) is 25.7 Å². The van der Waals surface area contributed by atoms with E-state index < -0.39 is 0 Å².